The molecule has 4 saturated carbocycles. The molecule has 2 nitrogen and oxygen atoms in total. The summed E-state index contributed by atoms with van der Waals surface area (Å²) in [5, 5.41) is 0. The van der Waals surface area contributed by atoms with Crippen LogP contribution in [0.25, 0.3) is 11.1 Å². The van der Waals surface area contributed by atoms with E-state index in [1.807, 2.05) is 0 Å². The quantitative estimate of drug-likeness (QED) is 0.191. The molecule has 11 rings (SSSR count). The van der Waals surface area contributed by atoms with Crippen molar-refractivity contribution in [3.8, 4) is 22.6 Å². The Bertz CT molecular complexity index is 2080. The lowest BCUT2D eigenvalue weighted by atomic mass is 9.41. The fourth-order valence-electron chi connectivity index (χ4n) is 11.8. The molecule has 252 valence electrons. The van der Waals surface area contributed by atoms with Crippen LogP contribution in [0.5, 0.6) is 11.5 Å². The first-order valence-electron chi connectivity index (χ1n) is 19.2. The second-order valence-corrected chi connectivity index (χ2v) is 17.6. The normalized spacial score (nSPS) is 27.6. The molecule has 0 N–H and O–H groups in total. The maximum atomic E-state index is 7.32. The summed E-state index contributed by atoms with van der Waals surface area (Å²) in [7, 11) is 0. The number of hydrogen-bond acceptors (Lipinski definition) is 2. The van der Waals surface area contributed by atoms with Gasteiger partial charge in [0, 0.05) is 39.5 Å². The van der Waals surface area contributed by atoms with Gasteiger partial charge in [0.15, 0.2) is 0 Å². The van der Waals surface area contributed by atoms with Crippen LogP contribution in [0, 0.1) is 23.7 Å². The molecule has 0 unspecified atom stereocenters. The molecule has 0 saturated heterocycles. The number of fused-ring (bicyclic) bond motifs is 3. The Kier molecular flexibility index (Phi) is 6.62. The number of benzene rings is 5. The molecular weight excluding hydrogens is 607 g/mol. The van der Waals surface area contributed by atoms with Crippen LogP contribution in [0.3, 0.4) is 0 Å². The predicted octanol–water partition coefficient (Wildman–Crippen LogP) is 13.0. The summed E-state index contributed by atoms with van der Waals surface area (Å²) in [6, 6.07) is 43.3. The molecule has 1 spiro atoms. The van der Waals surface area contributed by atoms with Gasteiger partial charge in [0.05, 0.1) is 5.69 Å². The van der Waals surface area contributed by atoms with E-state index < -0.39 is 0 Å². The van der Waals surface area contributed by atoms with Crippen molar-refractivity contribution in [2.45, 2.75) is 88.9 Å². The minimum absolute atomic E-state index is 0.00480. The minimum Gasteiger partial charge on any atom is -0.456 e. The summed E-state index contributed by atoms with van der Waals surface area (Å²) in [6.07, 6.45) is 9.21. The van der Waals surface area contributed by atoms with E-state index in [1.54, 1.807) is 0 Å². The Balaban J connectivity index is 1.21. The van der Waals surface area contributed by atoms with Crippen molar-refractivity contribution in [3.63, 3.8) is 0 Å². The van der Waals surface area contributed by atoms with Crippen LogP contribution in [0.2, 0.25) is 0 Å². The Morgan fingerprint density at radius 3 is 1.92 bits per heavy atom. The zero-order valence-electron chi connectivity index (χ0n) is 30.1. The first kappa shape index (κ1) is 30.5. The first-order valence-corrected chi connectivity index (χ1v) is 19.2. The average Bonchev–Trinajstić information content (AvgIpc) is 3.12. The largest absolute Gasteiger partial charge is 0.456 e. The van der Waals surface area contributed by atoms with Crippen molar-refractivity contribution in [1.29, 1.82) is 0 Å². The molecule has 0 amide bonds. The fraction of sp³-hybridized carbons (Fsp3) is 0.375. The highest BCUT2D eigenvalue weighted by Gasteiger charge is 2.61. The topological polar surface area (TPSA) is 12.5 Å². The van der Waals surface area contributed by atoms with Crippen LogP contribution in [-0.2, 0) is 16.2 Å². The standard InChI is InChI=1S/C48H49NO/c1-46(2)23-24-47(3,4)44-40(46)18-12-20-42(44)49(36-15-9-6-10-16-36)37-21-22-39-43(30-37)50-45-38(33-13-7-5-8-14-33)17-11-19-41(45)48(39)34-26-31-25-32(28-34)29-35(48)27-31/h5-22,30-32,34-35H,23-29H2,1-4H3. The molecule has 5 aromatic rings. The van der Waals surface area contributed by atoms with Crippen molar-refractivity contribution in [2.24, 2.45) is 23.7 Å². The Morgan fingerprint density at radius 1 is 0.560 bits per heavy atom. The van der Waals surface area contributed by atoms with Crippen molar-refractivity contribution in [1.82, 2.24) is 0 Å². The molecule has 0 radical (unpaired) electrons. The molecule has 4 bridgehead atoms. The molecule has 1 aliphatic heterocycles. The summed E-state index contributed by atoms with van der Waals surface area (Å²) in [5.74, 6) is 5.23. The van der Waals surface area contributed by atoms with Gasteiger partial charge in [0.25, 0.3) is 0 Å². The minimum atomic E-state index is -0.00480. The average molecular weight is 656 g/mol. The number of anilines is 3. The van der Waals surface area contributed by atoms with Crippen LogP contribution in [0.4, 0.5) is 17.1 Å². The van der Waals surface area contributed by atoms with E-state index in [9.17, 15) is 0 Å². The van der Waals surface area contributed by atoms with E-state index in [2.05, 4.69) is 148 Å². The van der Waals surface area contributed by atoms with Gasteiger partial charge >= 0.3 is 0 Å². The molecule has 1 heterocycles. The SMILES string of the molecule is CC1(C)CCC(C)(C)c2c(N(c3ccccc3)c3ccc4c(c3)Oc3c(-c5ccccc5)cccc3C43C4CC5CC(C4)CC3C5)cccc21. The smallest absolute Gasteiger partial charge is 0.139 e. The molecule has 2 heteroatoms. The lowest BCUT2D eigenvalue weighted by Crippen LogP contribution is -2.57. The molecular formula is C48H49NO. The van der Waals surface area contributed by atoms with E-state index in [1.165, 1.54) is 95.4 Å². The lowest BCUT2D eigenvalue weighted by Gasteiger charge is -2.63. The summed E-state index contributed by atoms with van der Waals surface area (Å²) in [6.45, 7) is 9.75. The summed E-state index contributed by atoms with van der Waals surface area (Å²) >= 11 is 0. The van der Waals surface area contributed by atoms with Gasteiger partial charge in [-0.15, -0.1) is 0 Å². The van der Waals surface area contributed by atoms with E-state index in [0.29, 0.717) is 11.8 Å². The highest BCUT2D eigenvalue weighted by Crippen LogP contribution is 2.69. The highest BCUT2D eigenvalue weighted by molar-refractivity contribution is 5.83. The summed E-state index contributed by atoms with van der Waals surface area (Å²) < 4.78 is 7.32. The number of para-hydroxylation sites is 2. The van der Waals surface area contributed by atoms with Gasteiger partial charge in [-0.25, -0.2) is 0 Å². The second-order valence-electron chi connectivity index (χ2n) is 17.6. The third-order valence-corrected chi connectivity index (χ3v) is 13.9. The molecule has 0 aromatic heterocycles. The molecule has 5 aromatic carbocycles. The maximum absolute atomic E-state index is 7.32. The molecule has 6 aliphatic rings. The first-order chi connectivity index (χ1) is 24.2. The van der Waals surface area contributed by atoms with Crippen molar-refractivity contribution in [2.75, 3.05) is 4.90 Å². The predicted molar refractivity (Wildman–Crippen MR) is 206 cm³/mol. The number of hydrogen-bond donors (Lipinski definition) is 0. The third-order valence-electron chi connectivity index (χ3n) is 13.9. The van der Waals surface area contributed by atoms with E-state index >= 15 is 0 Å². The second kappa shape index (κ2) is 10.8. The maximum Gasteiger partial charge on any atom is 0.139 e. The molecule has 0 atom stereocenters. The van der Waals surface area contributed by atoms with Gasteiger partial charge < -0.3 is 9.64 Å². The Morgan fingerprint density at radius 2 is 1.20 bits per heavy atom. The molecule has 50 heavy (non-hydrogen) atoms. The number of ether oxygens (including phenoxy) is 1. The van der Waals surface area contributed by atoms with E-state index in [4.69, 9.17) is 4.74 Å². The third kappa shape index (κ3) is 4.33. The van der Waals surface area contributed by atoms with Crippen LogP contribution in [0.15, 0.2) is 115 Å². The lowest BCUT2D eigenvalue weighted by molar-refractivity contribution is -0.0451. The summed E-state index contributed by atoms with van der Waals surface area (Å²) in [5.41, 5.74) is 12.1. The van der Waals surface area contributed by atoms with E-state index in [0.717, 1.165) is 23.3 Å². The zero-order chi connectivity index (χ0) is 33.8. The fourth-order valence-corrected chi connectivity index (χ4v) is 11.8. The van der Waals surface area contributed by atoms with Crippen LogP contribution >= 0.6 is 0 Å². The van der Waals surface area contributed by atoms with Crippen molar-refractivity contribution in [3.05, 3.63) is 138 Å². The van der Waals surface area contributed by atoms with Gasteiger partial charge in [-0.2, -0.15) is 0 Å². The van der Waals surface area contributed by atoms with Gasteiger partial charge in [0.2, 0.25) is 0 Å². The highest BCUT2D eigenvalue weighted by atomic mass is 16.5. The monoisotopic (exact) mass is 655 g/mol. The molecule has 5 aliphatic carbocycles. The Hall–Kier alpha value is -4.30. The number of nitrogens with zero attached hydrogens (tertiary/aromatic N) is 1. The van der Waals surface area contributed by atoms with Gasteiger partial charge in [-0.05, 0) is 120 Å². The van der Waals surface area contributed by atoms with Crippen LogP contribution in [-0.4, -0.2) is 0 Å². The number of rotatable bonds is 4. The molecule has 4 fully saturated rings. The van der Waals surface area contributed by atoms with Crippen molar-refractivity contribution < 1.29 is 4.74 Å². The van der Waals surface area contributed by atoms with Crippen LogP contribution < -0.4 is 9.64 Å². The van der Waals surface area contributed by atoms with Crippen molar-refractivity contribution >= 4 is 17.1 Å². The van der Waals surface area contributed by atoms with E-state index in [-0.39, 0.29) is 16.2 Å². The van der Waals surface area contributed by atoms with Crippen LogP contribution in [0.1, 0.15) is 94.9 Å². The zero-order valence-corrected chi connectivity index (χ0v) is 30.1. The van der Waals surface area contributed by atoms with Gasteiger partial charge in [-0.1, -0.05) is 113 Å². The Labute approximate surface area is 298 Å². The van der Waals surface area contributed by atoms with Gasteiger partial charge in [0.1, 0.15) is 11.5 Å². The summed E-state index contributed by atoms with van der Waals surface area (Å²) in [4.78, 5) is 2.52. The van der Waals surface area contributed by atoms with Gasteiger partial charge in [-0.3, -0.25) is 0 Å².